The normalized spacial score (nSPS) is 14.8. The van der Waals surface area contributed by atoms with E-state index in [0.717, 1.165) is 6.92 Å². The van der Waals surface area contributed by atoms with Crippen molar-refractivity contribution in [2.75, 3.05) is 18.1 Å². The fourth-order valence-corrected chi connectivity index (χ4v) is 16.3. The number of phenols is 1. The van der Waals surface area contributed by atoms with Crippen LogP contribution in [0.2, 0.25) is 0 Å². The number of carbonyl (C=O) groups is 20. The number of H-pyrrole nitrogens is 2. The lowest BCUT2D eigenvalue weighted by Crippen LogP contribution is -2.63. The molecule has 17 atom stereocenters. The lowest BCUT2D eigenvalue weighted by Gasteiger charge is -2.29. The summed E-state index contributed by atoms with van der Waals surface area (Å²) in [6, 6.07) is 8.09. The minimum absolute atomic E-state index is 0.0269. The molecule has 2 heterocycles. The number of aromatic amines is 2. The number of rotatable bonds is 62. The Kier molecular flexibility index (Phi) is 47.6. The van der Waals surface area contributed by atoms with Crippen molar-refractivity contribution in [3.05, 3.63) is 174 Å². The highest BCUT2D eigenvalue weighted by Gasteiger charge is 2.42. The SMILES string of the molecule is CC(C)C[C@H](NC(=O)[C@H](CC(C)C)NC(=O)[C@H](CC(N)=O)NC(=O)[C@H](CS)NC(=O)[C@@H](NC(=O)[C@H](Cc1c[nH]c2ccccc12)NC(=O)[C@H](CCC(N)=O)NC(=O)[C@H](Cc1ccccc1)NC(=O)[C@H](Cc1ccccc1)NC(=O)[C@H](CCCCN)NC(=O)[C@H](Cc1ccc(O)cc1)NC(=O)[C@H](CC(=O)O)NC(=O)[C@H](CS)NC(=O)[C@@H](NC(=O)[C@H](Cc1c[nH]c2ccccc12)NC(=O)[C@@H](N)CC(=O)O)C(C)C)[C@@H](C)O)C(=O)O. The van der Waals surface area contributed by atoms with Crippen LogP contribution in [0.15, 0.2) is 146 Å². The summed E-state index contributed by atoms with van der Waals surface area (Å²) in [5.41, 5.74) is 26.3. The lowest BCUT2D eigenvalue weighted by atomic mass is 10.00. The molecule has 7 aromatic rings. The molecule has 0 unspecified atom stereocenters. The number of primary amides is 2. The molecule has 17 amide bonds. The van der Waals surface area contributed by atoms with Crippen molar-refractivity contribution < 1.29 is 121 Å². The number of para-hydroxylation sites is 2. The van der Waals surface area contributed by atoms with E-state index in [1.54, 1.807) is 143 Å². The molecular weight excluding hydrogens is 1950 g/mol. The number of nitrogens with one attached hydrogen (secondary N) is 17. The van der Waals surface area contributed by atoms with E-state index in [4.69, 9.17) is 22.9 Å². The number of carboxylic acid groups (broad SMARTS) is 3. The number of fused-ring (bicyclic) bond motifs is 2. The fraction of sp³-hybridized carbons (Fsp3) is 0.455. The highest BCUT2D eigenvalue weighted by Crippen LogP contribution is 2.24. The van der Waals surface area contributed by atoms with Crippen LogP contribution in [0.3, 0.4) is 0 Å². The van der Waals surface area contributed by atoms with Crippen LogP contribution in [0, 0.1) is 17.8 Å². The maximum absolute atomic E-state index is 15.4. The predicted molar refractivity (Wildman–Crippen MR) is 543 cm³/mol. The molecule has 0 radical (unpaired) electrons. The molecule has 796 valence electrons. The van der Waals surface area contributed by atoms with E-state index in [1.807, 2.05) is 0 Å². The molecule has 0 aliphatic carbocycles. The number of aliphatic hydroxyl groups is 1. The summed E-state index contributed by atoms with van der Waals surface area (Å²) in [4.78, 5) is 287. The number of aliphatic carboxylic acids is 3. The molecule has 0 spiro atoms. The third-order valence-corrected chi connectivity index (χ3v) is 24.3. The van der Waals surface area contributed by atoms with Crippen molar-refractivity contribution in [2.45, 2.75) is 248 Å². The Morgan fingerprint density at radius 3 is 1.06 bits per heavy atom. The summed E-state index contributed by atoms with van der Waals surface area (Å²) in [7, 11) is 0. The largest absolute Gasteiger partial charge is 0.508 e. The quantitative estimate of drug-likeness (QED) is 0.0142. The summed E-state index contributed by atoms with van der Waals surface area (Å²) in [6.45, 7) is 11.1. The number of carbonyl (C=O) groups excluding carboxylic acids is 17. The van der Waals surface area contributed by atoms with Gasteiger partial charge in [-0.25, -0.2) is 4.79 Å². The van der Waals surface area contributed by atoms with Crippen molar-refractivity contribution in [3.8, 4) is 5.75 Å². The van der Waals surface area contributed by atoms with Gasteiger partial charge in [-0.2, -0.15) is 25.3 Å². The first-order valence-corrected chi connectivity index (χ1v) is 49.0. The van der Waals surface area contributed by atoms with Crippen molar-refractivity contribution in [1.29, 1.82) is 0 Å². The second-order valence-corrected chi connectivity index (χ2v) is 37.6. The zero-order valence-corrected chi connectivity index (χ0v) is 84.0. The van der Waals surface area contributed by atoms with Crippen molar-refractivity contribution in [2.24, 2.45) is 40.7 Å². The molecule has 0 bridgehead atoms. The second-order valence-electron chi connectivity index (χ2n) is 36.9. The van der Waals surface area contributed by atoms with Crippen LogP contribution in [0.4, 0.5) is 0 Å². The monoisotopic (exact) mass is 2080 g/mol. The molecule has 147 heavy (non-hydrogen) atoms. The third kappa shape index (κ3) is 38.8. The van der Waals surface area contributed by atoms with Gasteiger partial charge in [-0.1, -0.05) is 151 Å². The first kappa shape index (κ1) is 119. The maximum atomic E-state index is 15.4. The van der Waals surface area contributed by atoms with Crippen LogP contribution in [0.5, 0.6) is 5.75 Å². The van der Waals surface area contributed by atoms with Gasteiger partial charge < -0.3 is 138 Å². The van der Waals surface area contributed by atoms with Gasteiger partial charge in [0.2, 0.25) is 100 Å². The van der Waals surface area contributed by atoms with Crippen molar-refractivity contribution >= 4 is 165 Å². The second kappa shape index (κ2) is 58.8. The molecule has 7 rings (SSSR count). The number of amides is 17. The molecule has 0 aliphatic rings. The minimum atomic E-state index is -2.07. The predicted octanol–water partition coefficient (Wildman–Crippen LogP) is -2.24. The molecular formula is C99H133N21O25S2. The van der Waals surface area contributed by atoms with E-state index >= 15 is 28.8 Å². The first-order valence-electron chi connectivity index (χ1n) is 47.8. The number of hydrogen-bond acceptors (Lipinski definition) is 26. The number of aromatic hydroxyl groups is 1. The fourth-order valence-electron chi connectivity index (χ4n) is 15.8. The Morgan fingerprint density at radius 1 is 0.333 bits per heavy atom. The Balaban J connectivity index is 1.14. The van der Waals surface area contributed by atoms with Gasteiger partial charge in [0.05, 0.1) is 31.4 Å². The van der Waals surface area contributed by atoms with Gasteiger partial charge in [0.15, 0.2) is 0 Å². The first-order chi connectivity index (χ1) is 69.6. The highest BCUT2D eigenvalue weighted by atomic mass is 32.1. The number of carboxylic acids is 3. The number of thiol groups is 2. The molecule has 2 aromatic heterocycles. The van der Waals surface area contributed by atoms with Crippen LogP contribution < -0.4 is 103 Å². The smallest absolute Gasteiger partial charge is 0.326 e. The minimum Gasteiger partial charge on any atom is -0.508 e. The summed E-state index contributed by atoms with van der Waals surface area (Å²) in [6.07, 6.45) is -4.38. The number of hydrogen-bond donors (Lipinski definition) is 28. The number of aromatic nitrogens is 2. The van der Waals surface area contributed by atoms with Crippen molar-refractivity contribution in [1.82, 2.24) is 89.7 Å². The van der Waals surface area contributed by atoms with Gasteiger partial charge in [0.1, 0.15) is 96.4 Å². The molecule has 30 N–H and O–H groups in total. The average molecular weight is 2080 g/mol. The summed E-state index contributed by atoms with van der Waals surface area (Å²) < 4.78 is 0. The molecule has 0 aliphatic heterocycles. The molecule has 0 saturated carbocycles. The van der Waals surface area contributed by atoms with E-state index in [2.05, 4.69) is 115 Å². The standard InChI is InChI=1S/C99H133N21O25S2/c1-50(2)36-67(87(132)116-75(99(144)145)37-51(3)4)109-91(136)73(44-79(103)124)114-95(140)77(49-147)118-98(143)83(53(7)121)120-94(139)72(42-58-47-105-64-27-17-15-25-61(58)64)113-86(131)66(33-34-78(102)123)107-89(134)68(38-54-20-10-8-11-21-54)111-90(135)69(39-55-22-12-9-13-23-55)110-85(130)65(28-18-19-35-100)106-88(133)70(40-56-29-31-59(122)32-30-56)112-92(137)74(45-81(127)128)115-96(141)76(48-146)117-97(142)82(52(5)6)119-93(138)71(108-84(129)62(101)43-80(125)126)41-57-46-104-63-26-16-14-24-60(57)63/h8-17,20-27,29-32,46-47,50-53,62,65-77,82-83,104-105,121-122,146-147H,18-19,28,33-45,48-49,100-101H2,1-7H3,(H2,102,123)(H2,103,124)(H,106,133)(H,107,134)(H,108,129)(H,109,136)(H,110,130)(H,111,135)(H,112,137)(H,113,131)(H,114,140)(H,115,141)(H,116,132)(H,117,142)(H,118,143)(H,119,138)(H,120,139)(H,125,126)(H,127,128)(H,144,145)/t53-,62+,65+,66+,67+,68+,69+,70+,71+,72+,73+,74+,75+,76+,77+,82+,83+/m1/s1. The number of nitrogens with two attached hydrogens (primary N) is 4. The zero-order chi connectivity index (χ0) is 109. The number of unbranched alkanes of at least 4 members (excludes halogenated alkanes) is 1. The van der Waals surface area contributed by atoms with Crippen LogP contribution in [0.25, 0.3) is 21.8 Å². The highest BCUT2D eigenvalue weighted by molar-refractivity contribution is 7.80. The van der Waals surface area contributed by atoms with E-state index in [9.17, 15) is 92.7 Å². The zero-order valence-electron chi connectivity index (χ0n) is 82.2. The van der Waals surface area contributed by atoms with Gasteiger partial charge in [0, 0.05) is 84.2 Å². The van der Waals surface area contributed by atoms with Gasteiger partial charge in [-0.15, -0.1) is 0 Å². The molecule has 0 fully saturated rings. The van der Waals surface area contributed by atoms with Gasteiger partial charge in [0.25, 0.3) is 0 Å². The van der Waals surface area contributed by atoms with Gasteiger partial charge >= 0.3 is 17.9 Å². The number of phenolic OH excluding ortho intramolecular Hbond substituents is 1. The molecule has 46 nitrogen and oxygen atoms in total. The average Bonchev–Trinajstić information content (AvgIpc) is 1.69. The van der Waals surface area contributed by atoms with E-state index in [0.29, 0.717) is 44.1 Å². The van der Waals surface area contributed by atoms with Crippen LogP contribution in [-0.2, 0) is 128 Å². The van der Waals surface area contributed by atoms with Crippen LogP contribution in [0.1, 0.15) is 140 Å². The molecule has 5 aromatic carbocycles. The number of aliphatic hydroxyl groups excluding tert-OH is 1. The topological polar surface area (TPSA) is 759 Å². The van der Waals surface area contributed by atoms with E-state index in [-0.39, 0.29) is 81.1 Å². The van der Waals surface area contributed by atoms with Gasteiger partial charge in [-0.3, -0.25) is 91.1 Å². The maximum Gasteiger partial charge on any atom is 0.326 e. The van der Waals surface area contributed by atoms with Gasteiger partial charge in [-0.05, 0) is 122 Å². The van der Waals surface area contributed by atoms with Crippen LogP contribution in [-0.4, -0.2) is 275 Å². The summed E-state index contributed by atoms with van der Waals surface area (Å²) in [5, 5.41) is 89.9. The number of benzene rings is 5. The summed E-state index contributed by atoms with van der Waals surface area (Å²) >= 11 is 8.52. The lowest BCUT2D eigenvalue weighted by molar-refractivity contribution is -0.143. The Bertz CT molecular complexity index is 5750. The van der Waals surface area contributed by atoms with Crippen LogP contribution >= 0.6 is 25.3 Å². The molecule has 0 saturated heterocycles. The Morgan fingerprint density at radius 2 is 0.660 bits per heavy atom. The molecule has 48 heteroatoms. The third-order valence-electron chi connectivity index (χ3n) is 23.6. The van der Waals surface area contributed by atoms with E-state index in [1.165, 1.54) is 44.3 Å². The van der Waals surface area contributed by atoms with E-state index < -0.39 is 283 Å². The van der Waals surface area contributed by atoms with Crippen molar-refractivity contribution in [3.63, 3.8) is 0 Å². The Hall–Kier alpha value is -15.0. The Labute approximate surface area is 857 Å². The summed E-state index contributed by atoms with van der Waals surface area (Å²) in [5.74, 6) is -25.6.